The molecule has 6 nitrogen and oxygen atoms in total. The quantitative estimate of drug-likeness (QED) is 0.911. The van der Waals surface area contributed by atoms with Crippen molar-refractivity contribution < 1.29 is 9.53 Å². The van der Waals surface area contributed by atoms with Gasteiger partial charge in [0.1, 0.15) is 12.1 Å². The molecular weight excluding hydrogens is 292 g/mol. The lowest BCUT2D eigenvalue weighted by atomic mass is 9.83. The number of aromatic nitrogens is 2. The minimum Gasteiger partial charge on any atom is -0.381 e. The van der Waals surface area contributed by atoms with E-state index in [0.717, 1.165) is 50.7 Å². The van der Waals surface area contributed by atoms with Crippen molar-refractivity contribution in [3.8, 4) is 0 Å². The molecule has 4 rings (SSSR count). The number of nitrogens with zero attached hydrogens (tertiary/aromatic N) is 3. The third kappa shape index (κ3) is 3.17. The zero-order valence-electron chi connectivity index (χ0n) is 13.4. The van der Waals surface area contributed by atoms with Crippen LogP contribution in [0.5, 0.6) is 0 Å². The van der Waals surface area contributed by atoms with E-state index in [4.69, 9.17) is 4.74 Å². The summed E-state index contributed by atoms with van der Waals surface area (Å²) in [6, 6.07) is 2.39. The maximum Gasteiger partial charge on any atom is 0.226 e. The Kier molecular flexibility index (Phi) is 4.16. The van der Waals surface area contributed by atoms with Crippen molar-refractivity contribution in [3.05, 3.63) is 18.1 Å². The summed E-state index contributed by atoms with van der Waals surface area (Å²) >= 11 is 0. The van der Waals surface area contributed by atoms with Crippen LogP contribution < -0.4 is 10.2 Å². The number of ether oxygens (including phenoxy) is 1. The van der Waals surface area contributed by atoms with Gasteiger partial charge in [0.2, 0.25) is 5.91 Å². The zero-order valence-corrected chi connectivity index (χ0v) is 13.4. The molecule has 6 heteroatoms. The molecule has 1 amide bonds. The summed E-state index contributed by atoms with van der Waals surface area (Å²) in [6.07, 6.45) is 7.32. The van der Waals surface area contributed by atoms with E-state index >= 15 is 0 Å². The second kappa shape index (κ2) is 6.43. The Hall–Kier alpha value is -1.69. The first kappa shape index (κ1) is 14.9. The topological polar surface area (TPSA) is 67.3 Å². The van der Waals surface area contributed by atoms with Crippen LogP contribution in [0.1, 0.15) is 43.7 Å². The fourth-order valence-electron chi connectivity index (χ4n) is 3.45. The fourth-order valence-corrected chi connectivity index (χ4v) is 3.45. The fraction of sp³-hybridized carbons (Fsp3) is 0.706. The Balaban J connectivity index is 1.29. The highest BCUT2D eigenvalue weighted by Crippen LogP contribution is 2.36. The van der Waals surface area contributed by atoms with Gasteiger partial charge in [-0.25, -0.2) is 9.97 Å². The van der Waals surface area contributed by atoms with Crippen LogP contribution in [0.2, 0.25) is 0 Å². The summed E-state index contributed by atoms with van der Waals surface area (Å²) in [4.78, 5) is 23.3. The van der Waals surface area contributed by atoms with Crippen LogP contribution >= 0.6 is 0 Å². The van der Waals surface area contributed by atoms with Crippen LogP contribution in [0, 0.1) is 5.92 Å². The molecule has 23 heavy (non-hydrogen) atoms. The van der Waals surface area contributed by atoms with E-state index in [2.05, 4.69) is 26.3 Å². The summed E-state index contributed by atoms with van der Waals surface area (Å²) < 4.78 is 5.33. The first-order chi connectivity index (χ1) is 11.3. The van der Waals surface area contributed by atoms with Gasteiger partial charge in [-0.3, -0.25) is 4.79 Å². The van der Waals surface area contributed by atoms with Gasteiger partial charge >= 0.3 is 0 Å². The molecular formula is C17H24N4O2. The molecule has 0 bridgehead atoms. The van der Waals surface area contributed by atoms with Crippen LogP contribution in [-0.4, -0.2) is 48.2 Å². The number of carbonyl (C=O) groups is 1. The third-order valence-electron chi connectivity index (χ3n) is 5.34. The average Bonchev–Trinajstić information content (AvgIpc) is 2.45. The molecule has 1 aliphatic carbocycles. The molecule has 1 N–H and O–H groups in total. The van der Waals surface area contributed by atoms with Gasteiger partial charge in [0.05, 0.1) is 5.92 Å². The zero-order chi connectivity index (χ0) is 15.6. The smallest absolute Gasteiger partial charge is 0.226 e. The summed E-state index contributed by atoms with van der Waals surface area (Å²) in [6.45, 7) is 3.03. The molecule has 0 spiro atoms. The van der Waals surface area contributed by atoms with Crippen molar-refractivity contribution in [1.29, 1.82) is 0 Å². The molecule has 3 heterocycles. The van der Waals surface area contributed by atoms with Gasteiger partial charge in [-0.05, 0) is 25.7 Å². The minimum absolute atomic E-state index is 0.0833. The summed E-state index contributed by atoms with van der Waals surface area (Å²) in [5, 5.41) is 3.16. The molecule has 2 aliphatic heterocycles. The molecule has 1 aromatic heterocycles. The molecule has 124 valence electrons. The van der Waals surface area contributed by atoms with Crippen LogP contribution in [0.25, 0.3) is 0 Å². The minimum atomic E-state index is 0.0833. The summed E-state index contributed by atoms with van der Waals surface area (Å²) in [7, 11) is 0. The summed E-state index contributed by atoms with van der Waals surface area (Å²) in [5.74, 6) is 1.85. The first-order valence-corrected chi connectivity index (χ1v) is 8.74. The second-order valence-corrected chi connectivity index (χ2v) is 6.93. The first-order valence-electron chi connectivity index (χ1n) is 8.74. The van der Waals surface area contributed by atoms with Crippen LogP contribution in [-0.2, 0) is 9.53 Å². The van der Waals surface area contributed by atoms with Gasteiger partial charge in [0.25, 0.3) is 0 Å². The van der Waals surface area contributed by atoms with Crippen molar-refractivity contribution in [2.45, 2.75) is 44.1 Å². The second-order valence-electron chi connectivity index (χ2n) is 6.93. The normalized spacial score (nSPS) is 23.2. The molecule has 0 unspecified atom stereocenters. The predicted octanol–water partition coefficient (Wildman–Crippen LogP) is 1.48. The molecule has 1 aromatic rings. The maximum atomic E-state index is 12.3. The van der Waals surface area contributed by atoms with Crippen LogP contribution in [0.15, 0.2) is 12.4 Å². The Morgan fingerprint density at radius 2 is 1.96 bits per heavy atom. The van der Waals surface area contributed by atoms with Crippen molar-refractivity contribution in [2.75, 3.05) is 31.2 Å². The monoisotopic (exact) mass is 316 g/mol. The van der Waals surface area contributed by atoms with Crippen LogP contribution in [0.3, 0.4) is 0 Å². The van der Waals surface area contributed by atoms with E-state index in [-0.39, 0.29) is 17.9 Å². The number of anilines is 1. The van der Waals surface area contributed by atoms with E-state index < -0.39 is 0 Å². The van der Waals surface area contributed by atoms with Crippen LogP contribution in [0.4, 0.5) is 5.82 Å². The van der Waals surface area contributed by atoms with E-state index in [1.807, 2.05) is 0 Å². The van der Waals surface area contributed by atoms with Gasteiger partial charge < -0.3 is 15.0 Å². The third-order valence-corrected chi connectivity index (χ3v) is 5.34. The molecule has 0 radical (unpaired) electrons. The largest absolute Gasteiger partial charge is 0.381 e. The molecule has 3 fully saturated rings. The van der Waals surface area contributed by atoms with Crippen molar-refractivity contribution in [1.82, 2.24) is 15.3 Å². The number of rotatable bonds is 4. The van der Waals surface area contributed by atoms with Gasteiger partial charge in [-0.1, -0.05) is 6.42 Å². The lowest BCUT2D eigenvalue weighted by Gasteiger charge is -2.40. The van der Waals surface area contributed by atoms with Gasteiger partial charge in [0, 0.05) is 50.0 Å². The highest BCUT2D eigenvalue weighted by Gasteiger charge is 2.35. The molecule has 0 aromatic carbocycles. The van der Waals surface area contributed by atoms with Crippen molar-refractivity contribution in [3.63, 3.8) is 0 Å². The Morgan fingerprint density at radius 3 is 2.65 bits per heavy atom. The van der Waals surface area contributed by atoms with Gasteiger partial charge in [0.15, 0.2) is 0 Å². The number of hydrogen-bond donors (Lipinski definition) is 1. The van der Waals surface area contributed by atoms with Gasteiger partial charge in [-0.2, -0.15) is 0 Å². The van der Waals surface area contributed by atoms with Crippen molar-refractivity contribution >= 4 is 11.7 Å². The number of amides is 1. The summed E-state index contributed by atoms with van der Waals surface area (Å²) in [5.41, 5.74) is 1.16. The Morgan fingerprint density at radius 1 is 1.17 bits per heavy atom. The highest BCUT2D eigenvalue weighted by atomic mass is 16.5. The highest BCUT2D eigenvalue weighted by molar-refractivity contribution is 5.82. The molecule has 3 aliphatic rings. The van der Waals surface area contributed by atoms with Gasteiger partial charge in [-0.15, -0.1) is 0 Å². The maximum absolute atomic E-state index is 12.3. The SMILES string of the molecule is O=C(NC1CCOCC1)C1CN(c2cc(C3CCC3)ncn2)C1. The number of carbonyl (C=O) groups excluding carboxylic acids is 1. The average molecular weight is 316 g/mol. The standard InChI is InChI=1S/C17H24N4O2/c22-17(20-14-4-6-23-7-5-14)13-9-21(10-13)16-8-15(18-11-19-16)12-2-1-3-12/h8,11-14H,1-7,9-10H2,(H,20,22). The Bertz CT molecular complexity index is 563. The molecule has 2 saturated heterocycles. The molecule has 0 atom stereocenters. The number of nitrogens with one attached hydrogen (secondary N) is 1. The predicted molar refractivity (Wildman–Crippen MR) is 86.3 cm³/mol. The van der Waals surface area contributed by atoms with E-state index in [0.29, 0.717) is 5.92 Å². The Labute approximate surface area is 136 Å². The van der Waals surface area contributed by atoms with E-state index in [1.165, 1.54) is 19.3 Å². The lowest BCUT2D eigenvalue weighted by Crippen LogP contribution is -2.56. The van der Waals surface area contributed by atoms with E-state index in [9.17, 15) is 4.79 Å². The van der Waals surface area contributed by atoms with Crippen molar-refractivity contribution in [2.24, 2.45) is 5.92 Å². The van der Waals surface area contributed by atoms with E-state index in [1.54, 1.807) is 6.33 Å². The number of hydrogen-bond acceptors (Lipinski definition) is 5. The molecule has 1 saturated carbocycles. The lowest BCUT2D eigenvalue weighted by molar-refractivity contribution is -0.127.